The van der Waals surface area contributed by atoms with Crippen LogP contribution in [0, 0.1) is 10.1 Å². The first kappa shape index (κ1) is 14.7. The quantitative estimate of drug-likeness (QED) is 0.487. The number of non-ortho nitro benzene ring substituents is 1. The Morgan fingerprint density at radius 3 is 2.64 bits per heavy atom. The van der Waals surface area contributed by atoms with Crippen molar-refractivity contribution in [3.05, 3.63) is 61.3 Å². The SMILES string of the molecule is O=C(OCc1ccc([N+](=O)[O-])cc1)c1cc2c(s1)CCCC2. The molecule has 0 bridgehead atoms. The van der Waals surface area contributed by atoms with Gasteiger partial charge < -0.3 is 4.74 Å². The number of carbonyl (C=O) groups is 1. The molecule has 0 spiro atoms. The average molecular weight is 317 g/mol. The van der Waals surface area contributed by atoms with Crippen LogP contribution in [-0.4, -0.2) is 10.9 Å². The summed E-state index contributed by atoms with van der Waals surface area (Å²) >= 11 is 1.52. The van der Waals surface area contributed by atoms with Gasteiger partial charge in [0.15, 0.2) is 0 Å². The number of carbonyl (C=O) groups excluding carboxylic acids is 1. The lowest BCUT2D eigenvalue weighted by molar-refractivity contribution is -0.384. The van der Waals surface area contributed by atoms with Crippen LogP contribution in [0.2, 0.25) is 0 Å². The zero-order valence-electron chi connectivity index (χ0n) is 11.9. The smallest absolute Gasteiger partial charge is 0.348 e. The molecule has 0 unspecified atom stereocenters. The zero-order chi connectivity index (χ0) is 15.5. The molecule has 5 nitrogen and oxygen atoms in total. The molecular formula is C16H15NO4S. The van der Waals surface area contributed by atoms with Crippen molar-refractivity contribution in [2.75, 3.05) is 0 Å². The van der Waals surface area contributed by atoms with Crippen LogP contribution in [0.3, 0.4) is 0 Å². The lowest BCUT2D eigenvalue weighted by Crippen LogP contribution is -2.03. The first-order chi connectivity index (χ1) is 10.6. The fourth-order valence-electron chi connectivity index (χ4n) is 2.53. The van der Waals surface area contributed by atoms with Crippen molar-refractivity contribution in [1.29, 1.82) is 0 Å². The summed E-state index contributed by atoms with van der Waals surface area (Å²) in [5, 5.41) is 10.6. The van der Waals surface area contributed by atoms with Crippen molar-refractivity contribution in [2.45, 2.75) is 32.3 Å². The number of benzene rings is 1. The maximum Gasteiger partial charge on any atom is 0.348 e. The Balaban J connectivity index is 1.62. The first-order valence-corrected chi connectivity index (χ1v) is 7.97. The molecule has 1 aliphatic carbocycles. The summed E-state index contributed by atoms with van der Waals surface area (Å²) in [6, 6.07) is 7.97. The third-order valence-electron chi connectivity index (χ3n) is 3.71. The Morgan fingerprint density at radius 2 is 1.95 bits per heavy atom. The topological polar surface area (TPSA) is 69.4 Å². The highest BCUT2D eigenvalue weighted by Crippen LogP contribution is 2.30. The summed E-state index contributed by atoms with van der Waals surface area (Å²) in [7, 11) is 0. The molecule has 1 aromatic heterocycles. The van der Waals surface area contributed by atoms with Gasteiger partial charge in [-0.3, -0.25) is 10.1 Å². The molecule has 114 valence electrons. The highest BCUT2D eigenvalue weighted by molar-refractivity contribution is 7.14. The number of aryl methyl sites for hydroxylation is 2. The van der Waals surface area contributed by atoms with E-state index in [1.807, 2.05) is 6.07 Å². The van der Waals surface area contributed by atoms with Crippen molar-refractivity contribution < 1.29 is 14.5 Å². The van der Waals surface area contributed by atoms with Crippen LogP contribution < -0.4 is 0 Å². The fourth-order valence-corrected chi connectivity index (χ4v) is 3.67. The van der Waals surface area contributed by atoms with Crippen molar-refractivity contribution in [3.63, 3.8) is 0 Å². The lowest BCUT2D eigenvalue weighted by atomic mass is 9.99. The van der Waals surface area contributed by atoms with E-state index in [2.05, 4.69) is 0 Å². The molecule has 2 aromatic rings. The number of nitrogens with zero attached hydrogens (tertiary/aromatic N) is 1. The number of hydrogen-bond donors (Lipinski definition) is 0. The van der Waals surface area contributed by atoms with Crippen LogP contribution in [0.25, 0.3) is 0 Å². The van der Waals surface area contributed by atoms with Crippen molar-refractivity contribution in [1.82, 2.24) is 0 Å². The minimum atomic E-state index is -0.452. The molecule has 0 amide bonds. The van der Waals surface area contributed by atoms with Gasteiger partial charge in [0.25, 0.3) is 5.69 Å². The van der Waals surface area contributed by atoms with Crippen molar-refractivity contribution >= 4 is 23.0 Å². The summed E-state index contributed by atoms with van der Waals surface area (Å²) in [4.78, 5) is 24.2. The zero-order valence-corrected chi connectivity index (χ0v) is 12.7. The number of nitro groups is 1. The lowest BCUT2D eigenvalue weighted by Gasteiger charge is -2.08. The normalized spacial score (nSPS) is 13.5. The van der Waals surface area contributed by atoms with Crippen LogP contribution in [-0.2, 0) is 24.2 Å². The molecule has 22 heavy (non-hydrogen) atoms. The van der Waals surface area contributed by atoms with E-state index >= 15 is 0 Å². The second-order valence-corrected chi connectivity index (χ2v) is 6.40. The van der Waals surface area contributed by atoms with Crippen LogP contribution in [0.4, 0.5) is 5.69 Å². The number of esters is 1. The van der Waals surface area contributed by atoms with Gasteiger partial charge in [-0.2, -0.15) is 0 Å². The maximum atomic E-state index is 12.1. The Bertz CT molecular complexity index is 682. The molecule has 1 aliphatic rings. The second-order valence-electron chi connectivity index (χ2n) is 5.27. The highest BCUT2D eigenvalue weighted by Gasteiger charge is 2.18. The van der Waals surface area contributed by atoms with Crippen molar-refractivity contribution in [3.8, 4) is 0 Å². The number of rotatable bonds is 4. The Morgan fingerprint density at radius 1 is 1.23 bits per heavy atom. The van der Waals surface area contributed by atoms with Gasteiger partial charge in [0.05, 0.1) is 4.92 Å². The number of hydrogen-bond acceptors (Lipinski definition) is 5. The molecule has 0 atom stereocenters. The van der Waals surface area contributed by atoms with E-state index in [1.165, 1.54) is 46.8 Å². The molecule has 0 N–H and O–H groups in total. The van der Waals surface area contributed by atoms with E-state index in [4.69, 9.17) is 4.74 Å². The van der Waals surface area contributed by atoms with E-state index in [-0.39, 0.29) is 18.3 Å². The van der Waals surface area contributed by atoms with Crippen LogP contribution in [0.15, 0.2) is 30.3 Å². The Kier molecular flexibility index (Phi) is 4.20. The number of thiophene rings is 1. The Labute approximate surface area is 131 Å². The monoisotopic (exact) mass is 317 g/mol. The largest absolute Gasteiger partial charge is 0.457 e. The number of nitro benzene ring substituents is 1. The van der Waals surface area contributed by atoms with Crippen molar-refractivity contribution in [2.24, 2.45) is 0 Å². The molecule has 1 heterocycles. The highest BCUT2D eigenvalue weighted by atomic mass is 32.1. The van der Waals surface area contributed by atoms with Gasteiger partial charge in [0.1, 0.15) is 11.5 Å². The predicted octanol–water partition coefficient (Wildman–Crippen LogP) is 3.89. The number of ether oxygens (including phenoxy) is 1. The molecule has 0 radical (unpaired) electrons. The summed E-state index contributed by atoms with van der Waals surface area (Å²) < 4.78 is 5.29. The molecule has 0 saturated carbocycles. The molecular weight excluding hydrogens is 302 g/mol. The van der Waals surface area contributed by atoms with Gasteiger partial charge in [0.2, 0.25) is 0 Å². The minimum absolute atomic E-state index is 0.0287. The Hall–Kier alpha value is -2.21. The van der Waals surface area contributed by atoms with Gasteiger partial charge in [-0.05, 0) is 55.0 Å². The molecule has 6 heteroatoms. The summed E-state index contributed by atoms with van der Waals surface area (Å²) in [5.74, 6) is -0.322. The van der Waals surface area contributed by atoms with Crippen LogP contribution in [0.5, 0.6) is 0 Å². The van der Waals surface area contributed by atoms with E-state index in [9.17, 15) is 14.9 Å². The van der Waals surface area contributed by atoms with Gasteiger partial charge in [-0.25, -0.2) is 4.79 Å². The third kappa shape index (κ3) is 3.17. The van der Waals surface area contributed by atoms with E-state index in [0.29, 0.717) is 4.88 Å². The van der Waals surface area contributed by atoms with Gasteiger partial charge in [0, 0.05) is 17.0 Å². The average Bonchev–Trinajstić information content (AvgIpc) is 2.97. The van der Waals surface area contributed by atoms with Gasteiger partial charge >= 0.3 is 5.97 Å². The fraction of sp³-hybridized carbons (Fsp3) is 0.312. The third-order valence-corrected chi connectivity index (χ3v) is 4.93. The molecule has 0 aliphatic heterocycles. The second kappa shape index (κ2) is 6.27. The van der Waals surface area contributed by atoms with E-state index < -0.39 is 4.92 Å². The van der Waals surface area contributed by atoms with Crippen LogP contribution >= 0.6 is 11.3 Å². The minimum Gasteiger partial charge on any atom is -0.457 e. The molecule has 1 aromatic carbocycles. The molecule has 3 rings (SSSR count). The van der Waals surface area contributed by atoms with Gasteiger partial charge in [-0.15, -0.1) is 11.3 Å². The summed E-state index contributed by atoms with van der Waals surface area (Å²) in [6.45, 7) is 0.124. The summed E-state index contributed by atoms with van der Waals surface area (Å²) in [5.41, 5.74) is 2.04. The predicted molar refractivity (Wildman–Crippen MR) is 83.2 cm³/mol. The van der Waals surface area contributed by atoms with Crippen LogP contribution in [0.1, 0.15) is 38.5 Å². The van der Waals surface area contributed by atoms with Gasteiger partial charge in [-0.1, -0.05) is 0 Å². The van der Waals surface area contributed by atoms with E-state index in [1.54, 1.807) is 12.1 Å². The molecule has 0 saturated heterocycles. The van der Waals surface area contributed by atoms with E-state index in [0.717, 1.165) is 18.4 Å². The molecule has 0 fully saturated rings. The summed E-state index contributed by atoms with van der Waals surface area (Å²) in [6.07, 6.45) is 4.46. The first-order valence-electron chi connectivity index (χ1n) is 7.15. The number of fused-ring (bicyclic) bond motifs is 1. The standard InChI is InChI=1S/C16H15NO4S/c18-16(15-9-12-3-1-2-4-14(12)22-15)21-10-11-5-7-13(8-6-11)17(19)20/h5-9H,1-4,10H2. The maximum absolute atomic E-state index is 12.1.